The van der Waals surface area contributed by atoms with E-state index in [0.29, 0.717) is 45.0 Å². The first-order valence-electron chi connectivity index (χ1n) is 10.0. The number of carbonyl (C=O) groups excluding carboxylic acids is 2. The lowest BCUT2D eigenvalue weighted by Gasteiger charge is -2.40. The number of pyridine rings is 1. The average Bonchev–Trinajstić information content (AvgIpc) is 2.73. The third-order valence-corrected chi connectivity index (χ3v) is 5.44. The summed E-state index contributed by atoms with van der Waals surface area (Å²) in [5.74, 6) is 0.0801. The van der Waals surface area contributed by atoms with E-state index in [1.807, 2.05) is 0 Å². The zero-order chi connectivity index (χ0) is 21.9. The van der Waals surface area contributed by atoms with Gasteiger partial charge in [-0.05, 0) is 26.0 Å². The maximum atomic E-state index is 12.8. The van der Waals surface area contributed by atoms with Crippen LogP contribution >= 0.6 is 0 Å². The summed E-state index contributed by atoms with van der Waals surface area (Å²) in [7, 11) is 0. The van der Waals surface area contributed by atoms with E-state index in [-0.39, 0.29) is 17.8 Å². The van der Waals surface area contributed by atoms with Crippen molar-refractivity contribution in [2.45, 2.75) is 32.1 Å². The molecule has 0 saturated carbocycles. The predicted molar refractivity (Wildman–Crippen MR) is 105 cm³/mol. The molecule has 1 aromatic rings. The third kappa shape index (κ3) is 5.39. The number of rotatable bonds is 3. The number of urea groups is 1. The molecule has 0 aromatic carbocycles. The Kier molecular flexibility index (Phi) is 6.81. The van der Waals surface area contributed by atoms with Gasteiger partial charge in [0, 0.05) is 58.1 Å². The third-order valence-electron chi connectivity index (χ3n) is 5.44. The van der Waals surface area contributed by atoms with Gasteiger partial charge in [-0.15, -0.1) is 0 Å². The molecular formula is C19H27F3N6O2. The van der Waals surface area contributed by atoms with Gasteiger partial charge in [0.15, 0.2) is 0 Å². The summed E-state index contributed by atoms with van der Waals surface area (Å²) in [6, 6.07) is 1.67. The maximum Gasteiger partial charge on any atom is 0.417 e. The molecule has 0 bridgehead atoms. The zero-order valence-corrected chi connectivity index (χ0v) is 17.1. The number of nitrogens with one attached hydrogen (secondary N) is 2. The number of halogens is 3. The standard InChI is InChI=1S/C19H27F3N6O2/c1-13(2)28-6-5-23-15(12-28)17(29)26-7-9-27(10-8-26)18(30)25-16-4-3-14(11-24-16)19(20,21)22/h3-4,11,13,15,23H,5-10,12H2,1-2H3,(H,24,25,30). The van der Waals surface area contributed by atoms with Crippen molar-refractivity contribution in [3.63, 3.8) is 0 Å². The van der Waals surface area contributed by atoms with Gasteiger partial charge in [0.25, 0.3) is 0 Å². The van der Waals surface area contributed by atoms with Crippen LogP contribution in [-0.4, -0.2) is 89.5 Å². The van der Waals surface area contributed by atoms with Crippen molar-refractivity contribution >= 4 is 17.8 Å². The summed E-state index contributed by atoms with van der Waals surface area (Å²) in [6.45, 7) is 8.06. The van der Waals surface area contributed by atoms with E-state index in [9.17, 15) is 22.8 Å². The SMILES string of the molecule is CC(C)N1CCNC(C(=O)N2CCN(C(=O)Nc3ccc(C(F)(F)F)cn3)CC2)C1. The summed E-state index contributed by atoms with van der Waals surface area (Å²) in [4.78, 5) is 34.4. The van der Waals surface area contributed by atoms with E-state index in [0.717, 1.165) is 25.2 Å². The van der Waals surface area contributed by atoms with Gasteiger partial charge in [-0.1, -0.05) is 0 Å². The first-order valence-corrected chi connectivity index (χ1v) is 10.0. The number of amides is 3. The molecule has 2 aliphatic rings. The Labute approximate surface area is 173 Å². The van der Waals surface area contributed by atoms with Crippen LogP contribution < -0.4 is 10.6 Å². The van der Waals surface area contributed by atoms with Crippen molar-refractivity contribution in [3.8, 4) is 0 Å². The second kappa shape index (κ2) is 9.17. The van der Waals surface area contributed by atoms with E-state index >= 15 is 0 Å². The Bertz CT molecular complexity index is 748. The van der Waals surface area contributed by atoms with Crippen molar-refractivity contribution in [1.82, 2.24) is 25.0 Å². The lowest BCUT2D eigenvalue weighted by Crippen LogP contribution is -2.61. The highest BCUT2D eigenvalue weighted by atomic mass is 19.4. The minimum absolute atomic E-state index is 0.0322. The van der Waals surface area contributed by atoms with Crippen molar-refractivity contribution in [1.29, 1.82) is 0 Å². The van der Waals surface area contributed by atoms with E-state index in [1.54, 1.807) is 4.90 Å². The van der Waals surface area contributed by atoms with Crippen molar-refractivity contribution < 1.29 is 22.8 Å². The molecule has 3 rings (SSSR count). The molecule has 30 heavy (non-hydrogen) atoms. The van der Waals surface area contributed by atoms with Crippen LogP contribution in [0.25, 0.3) is 0 Å². The highest BCUT2D eigenvalue weighted by Crippen LogP contribution is 2.28. The fourth-order valence-corrected chi connectivity index (χ4v) is 3.58. The molecule has 0 spiro atoms. The first-order chi connectivity index (χ1) is 14.1. The van der Waals surface area contributed by atoms with Crippen LogP contribution in [0.5, 0.6) is 0 Å². The molecule has 1 aromatic heterocycles. The summed E-state index contributed by atoms with van der Waals surface area (Å²) in [5, 5.41) is 5.77. The highest BCUT2D eigenvalue weighted by molar-refractivity contribution is 5.88. The maximum absolute atomic E-state index is 12.8. The number of carbonyl (C=O) groups is 2. The molecule has 0 radical (unpaired) electrons. The lowest BCUT2D eigenvalue weighted by atomic mass is 10.1. The van der Waals surface area contributed by atoms with Crippen LogP contribution in [0.1, 0.15) is 19.4 Å². The van der Waals surface area contributed by atoms with Crippen LogP contribution in [0.15, 0.2) is 18.3 Å². The Balaban J connectivity index is 1.49. The number of hydrogen-bond donors (Lipinski definition) is 2. The van der Waals surface area contributed by atoms with E-state index in [2.05, 4.69) is 34.4 Å². The van der Waals surface area contributed by atoms with E-state index < -0.39 is 17.8 Å². The molecule has 0 aliphatic carbocycles. The Morgan fingerprint density at radius 3 is 2.37 bits per heavy atom. The topological polar surface area (TPSA) is 80.8 Å². The normalized spacial score (nSPS) is 21.1. The average molecular weight is 428 g/mol. The van der Waals surface area contributed by atoms with Crippen LogP contribution in [0.3, 0.4) is 0 Å². The van der Waals surface area contributed by atoms with Gasteiger partial charge in [0.2, 0.25) is 5.91 Å². The van der Waals surface area contributed by atoms with E-state index in [4.69, 9.17) is 0 Å². The molecule has 1 unspecified atom stereocenters. The Morgan fingerprint density at radius 1 is 1.13 bits per heavy atom. The van der Waals surface area contributed by atoms with Crippen LogP contribution in [0, 0.1) is 0 Å². The van der Waals surface area contributed by atoms with E-state index in [1.165, 1.54) is 4.90 Å². The van der Waals surface area contributed by atoms with Crippen LogP contribution in [0.2, 0.25) is 0 Å². The second-order valence-corrected chi connectivity index (χ2v) is 7.77. The molecule has 166 valence electrons. The van der Waals surface area contributed by atoms with Gasteiger partial charge in [-0.2, -0.15) is 13.2 Å². The molecule has 2 aliphatic heterocycles. The molecule has 1 atom stereocenters. The molecule has 8 nitrogen and oxygen atoms in total. The van der Waals surface area contributed by atoms with Gasteiger partial charge in [0.05, 0.1) is 11.6 Å². The summed E-state index contributed by atoms with van der Waals surface area (Å²) < 4.78 is 37.8. The smallest absolute Gasteiger partial charge is 0.338 e. The quantitative estimate of drug-likeness (QED) is 0.762. The molecule has 11 heteroatoms. The molecule has 2 fully saturated rings. The predicted octanol–water partition coefficient (Wildman–Crippen LogP) is 1.46. The zero-order valence-electron chi connectivity index (χ0n) is 17.1. The number of anilines is 1. The lowest BCUT2D eigenvalue weighted by molar-refractivity contribution is -0.138. The number of nitrogens with zero attached hydrogens (tertiary/aromatic N) is 4. The first kappa shape index (κ1) is 22.3. The Hall–Kier alpha value is -2.40. The highest BCUT2D eigenvalue weighted by Gasteiger charge is 2.33. The number of aromatic nitrogens is 1. The number of piperazine rings is 2. The summed E-state index contributed by atoms with van der Waals surface area (Å²) >= 11 is 0. The van der Waals surface area contributed by atoms with Crippen molar-refractivity contribution in [3.05, 3.63) is 23.9 Å². The molecular weight excluding hydrogens is 401 g/mol. The summed E-state index contributed by atoms with van der Waals surface area (Å²) in [5.41, 5.74) is -0.875. The van der Waals surface area contributed by atoms with Gasteiger partial charge < -0.3 is 15.1 Å². The van der Waals surface area contributed by atoms with Gasteiger partial charge in [-0.25, -0.2) is 9.78 Å². The van der Waals surface area contributed by atoms with Gasteiger partial charge in [0.1, 0.15) is 5.82 Å². The summed E-state index contributed by atoms with van der Waals surface area (Å²) in [6.07, 6.45) is -3.79. The molecule has 2 N–H and O–H groups in total. The molecule has 3 heterocycles. The second-order valence-electron chi connectivity index (χ2n) is 7.77. The minimum Gasteiger partial charge on any atom is -0.338 e. The van der Waals surface area contributed by atoms with Crippen molar-refractivity contribution in [2.75, 3.05) is 51.1 Å². The van der Waals surface area contributed by atoms with Gasteiger partial charge in [-0.3, -0.25) is 15.0 Å². The minimum atomic E-state index is -4.47. The van der Waals surface area contributed by atoms with Crippen LogP contribution in [0.4, 0.5) is 23.8 Å². The monoisotopic (exact) mass is 428 g/mol. The fourth-order valence-electron chi connectivity index (χ4n) is 3.58. The fraction of sp³-hybridized carbons (Fsp3) is 0.632. The molecule has 3 amide bonds. The number of hydrogen-bond acceptors (Lipinski definition) is 5. The van der Waals surface area contributed by atoms with Crippen molar-refractivity contribution in [2.24, 2.45) is 0 Å². The largest absolute Gasteiger partial charge is 0.417 e. The van der Waals surface area contributed by atoms with Gasteiger partial charge >= 0.3 is 12.2 Å². The van der Waals surface area contributed by atoms with Crippen LogP contribution in [-0.2, 0) is 11.0 Å². The Morgan fingerprint density at radius 2 is 1.80 bits per heavy atom. The molecule has 2 saturated heterocycles. The number of alkyl halides is 3.